The molecule has 120 valence electrons. The van der Waals surface area contributed by atoms with Crippen molar-refractivity contribution in [3.05, 3.63) is 35.9 Å². The van der Waals surface area contributed by atoms with Crippen molar-refractivity contribution in [1.82, 2.24) is 4.90 Å². The first-order valence-electron chi connectivity index (χ1n) is 9.35. The van der Waals surface area contributed by atoms with Crippen LogP contribution in [0.4, 0.5) is 0 Å². The molecule has 0 radical (unpaired) electrons. The summed E-state index contributed by atoms with van der Waals surface area (Å²) in [7, 11) is 0. The standard InChI is InChI=1S/C20H29NO/c1-4-10-17(11-5-1)20(18-12-6-2-7-13-18)19(22-20)16-21-14-8-3-9-15-21/h1,4-5,10-11,18-19H,2-3,6-9,12-16H2/t19-,20+/m1/s1. The summed E-state index contributed by atoms with van der Waals surface area (Å²) in [5.41, 5.74) is 1.47. The van der Waals surface area contributed by atoms with Gasteiger partial charge in [-0.1, -0.05) is 56.0 Å². The number of hydrogen-bond acceptors (Lipinski definition) is 2. The van der Waals surface area contributed by atoms with Gasteiger partial charge in [-0.25, -0.2) is 0 Å². The van der Waals surface area contributed by atoms with E-state index in [-0.39, 0.29) is 5.60 Å². The highest BCUT2D eigenvalue weighted by molar-refractivity contribution is 5.31. The number of epoxide rings is 1. The lowest BCUT2D eigenvalue weighted by Crippen LogP contribution is -2.36. The van der Waals surface area contributed by atoms with Gasteiger partial charge in [-0.15, -0.1) is 0 Å². The molecular formula is C20H29NO. The largest absolute Gasteiger partial charge is 0.359 e. The van der Waals surface area contributed by atoms with Gasteiger partial charge >= 0.3 is 0 Å². The quantitative estimate of drug-likeness (QED) is 0.768. The maximum Gasteiger partial charge on any atom is 0.124 e. The molecule has 0 unspecified atom stereocenters. The fourth-order valence-electron chi connectivity index (χ4n) is 4.83. The van der Waals surface area contributed by atoms with E-state index in [2.05, 4.69) is 35.2 Å². The number of piperidine rings is 1. The third-order valence-electron chi connectivity index (χ3n) is 6.07. The number of hydrogen-bond donors (Lipinski definition) is 0. The van der Waals surface area contributed by atoms with Crippen LogP contribution in [0.5, 0.6) is 0 Å². The monoisotopic (exact) mass is 299 g/mol. The molecule has 0 aromatic heterocycles. The number of ether oxygens (including phenoxy) is 1. The third kappa shape index (κ3) is 2.72. The zero-order valence-electron chi connectivity index (χ0n) is 13.7. The van der Waals surface area contributed by atoms with E-state index in [4.69, 9.17) is 4.74 Å². The molecule has 0 N–H and O–H groups in total. The van der Waals surface area contributed by atoms with Crippen LogP contribution in [0, 0.1) is 5.92 Å². The van der Waals surface area contributed by atoms with E-state index in [0.717, 1.165) is 12.5 Å². The van der Waals surface area contributed by atoms with E-state index in [1.165, 1.54) is 70.0 Å². The smallest absolute Gasteiger partial charge is 0.124 e. The Morgan fingerprint density at radius 2 is 1.59 bits per heavy atom. The van der Waals surface area contributed by atoms with Crippen LogP contribution in [0.3, 0.4) is 0 Å². The second-order valence-electron chi connectivity index (χ2n) is 7.46. The number of nitrogens with zero attached hydrogens (tertiary/aromatic N) is 1. The molecule has 1 aromatic rings. The van der Waals surface area contributed by atoms with Crippen molar-refractivity contribution in [3.63, 3.8) is 0 Å². The predicted molar refractivity (Wildman–Crippen MR) is 89.9 cm³/mol. The maximum atomic E-state index is 6.49. The fraction of sp³-hybridized carbons (Fsp3) is 0.700. The van der Waals surface area contributed by atoms with Crippen molar-refractivity contribution in [2.24, 2.45) is 5.92 Å². The van der Waals surface area contributed by atoms with Gasteiger partial charge in [0.05, 0.1) is 0 Å². The summed E-state index contributed by atoms with van der Waals surface area (Å²) in [6, 6.07) is 11.1. The Hall–Kier alpha value is -0.860. The summed E-state index contributed by atoms with van der Waals surface area (Å²) in [6.07, 6.45) is 11.5. The molecule has 2 saturated heterocycles. The van der Waals surface area contributed by atoms with Crippen molar-refractivity contribution >= 4 is 0 Å². The second kappa shape index (κ2) is 6.33. The van der Waals surface area contributed by atoms with Crippen molar-refractivity contribution in [3.8, 4) is 0 Å². The molecule has 3 fully saturated rings. The zero-order valence-corrected chi connectivity index (χ0v) is 13.7. The Morgan fingerprint density at radius 3 is 2.32 bits per heavy atom. The SMILES string of the molecule is c1ccc([C@@]2(C3CCCCC3)O[C@@H]2CN2CCCCC2)cc1. The van der Waals surface area contributed by atoms with Crippen molar-refractivity contribution < 1.29 is 4.74 Å². The lowest BCUT2D eigenvalue weighted by Gasteiger charge is -2.30. The molecule has 3 aliphatic rings. The molecular weight excluding hydrogens is 270 g/mol. The molecule has 2 atom stereocenters. The average Bonchev–Trinajstić information content (AvgIpc) is 3.32. The van der Waals surface area contributed by atoms with Crippen LogP contribution in [0.2, 0.25) is 0 Å². The molecule has 0 bridgehead atoms. The summed E-state index contributed by atoms with van der Waals surface area (Å²) in [6.45, 7) is 3.69. The van der Waals surface area contributed by atoms with Gasteiger partial charge in [0.15, 0.2) is 0 Å². The van der Waals surface area contributed by atoms with Gasteiger partial charge in [0, 0.05) is 6.54 Å². The molecule has 2 heteroatoms. The lowest BCUT2D eigenvalue weighted by atomic mass is 9.74. The third-order valence-corrected chi connectivity index (χ3v) is 6.07. The summed E-state index contributed by atoms with van der Waals surface area (Å²) >= 11 is 0. The highest BCUT2D eigenvalue weighted by atomic mass is 16.6. The molecule has 1 aromatic carbocycles. The Labute approximate surface area is 134 Å². The first-order valence-corrected chi connectivity index (χ1v) is 9.35. The van der Waals surface area contributed by atoms with Crippen LogP contribution in [0.25, 0.3) is 0 Å². The van der Waals surface area contributed by atoms with Crippen molar-refractivity contribution in [1.29, 1.82) is 0 Å². The number of likely N-dealkylation sites (tertiary alicyclic amines) is 1. The molecule has 1 saturated carbocycles. The van der Waals surface area contributed by atoms with Gasteiger partial charge < -0.3 is 9.64 Å². The van der Waals surface area contributed by atoms with Crippen LogP contribution < -0.4 is 0 Å². The van der Waals surface area contributed by atoms with Crippen molar-refractivity contribution in [2.75, 3.05) is 19.6 Å². The number of rotatable bonds is 4. The van der Waals surface area contributed by atoms with Gasteiger partial charge in [-0.3, -0.25) is 0 Å². The molecule has 0 amide bonds. The Bertz CT molecular complexity index is 476. The highest BCUT2D eigenvalue weighted by Gasteiger charge is 2.62. The average molecular weight is 299 g/mol. The minimum atomic E-state index is 0.0408. The first kappa shape index (κ1) is 14.7. The van der Waals surface area contributed by atoms with Gasteiger partial charge in [0.25, 0.3) is 0 Å². The van der Waals surface area contributed by atoms with Gasteiger partial charge in [0.1, 0.15) is 11.7 Å². The molecule has 1 aliphatic carbocycles. The van der Waals surface area contributed by atoms with Gasteiger partial charge in [0.2, 0.25) is 0 Å². The molecule has 2 heterocycles. The van der Waals surface area contributed by atoms with Gasteiger partial charge in [-0.2, -0.15) is 0 Å². The summed E-state index contributed by atoms with van der Waals surface area (Å²) in [5, 5.41) is 0. The Morgan fingerprint density at radius 1 is 0.909 bits per heavy atom. The Balaban J connectivity index is 1.52. The second-order valence-corrected chi connectivity index (χ2v) is 7.46. The number of benzene rings is 1. The van der Waals surface area contributed by atoms with E-state index in [1.54, 1.807) is 0 Å². The van der Waals surface area contributed by atoms with E-state index in [1.807, 2.05) is 0 Å². The summed E-state index contributed by atoms with van der Waals surface area (Å²) < 4.78 is 6.49. The predicted octanol–water partition coefficient (Wildman–Crippen LogP) is 4.35. The van der Waals surface area contributed by atoms with E-state index in [0.29, 0.717) is 6.10 Å². The maximum absolute atomic E-state index is 6.49. The van der Waals surface area contributed by atoms with Crippen LogP contribution in [-0.2, 0) is 10.3 Å². The summed E-state index contributed by atoms with van der Waals surface area (Å²) in [4.78, 5) is 2.64. The lowest BCUT2D eigenvalue weighted by molar-refractivity contribution is 0.171. The van der Waals surface area contributed by atoms with E-state index >= 15 is 0 Å². The topological polar surface area (TPSA) is 15.8 Å². The normalized spacial score (nSPS) is 33.7. The van der Waals surface area contributed by atoms with Gasteiger partial charge in [-0.05, 0) is 50.3 Å². The van der Waals surface area contributed by atoms with Crippen LogP contribution in [-0.4, -0.2) is 30.6 Å². The molecule has 2 nitrogen and oxygen atoms in total. The molecule has 4 rings (SSSR count). The minimum absolute atomic E-state index is 0.0408. The van der Waals surface area contributed by atoms with Crippen LogP contribution in [0.1, 0.15) is 56.9 Å². The fourth-order valence-corrected chi connectivity index (χ4v) is 4.83. The molecule has 2 aliphatic heterocycles. The molecule has 0 spiro atoms. The van der Waals surface area contributed by atoms with Crippen LogP contribution >= 0.6 is 0 Å². The highest BCUT2D eigenvalue weighted by Crippen LogP contribution is 2.56. The van der Waals surface area contributed by atoms with E-state index in [9.17, 15) is 0 Å². The zero-order chi connectivity index (χ0) is 14.8. The van der Waals surface area contributed by atoms with Crippen molar-refractivity contribution in [2.45, 2.75) is 63.1 Å². The summed E-state index contributed by atoms with van der Waals surface area (Å²) in [5.74, 6) is 0.735. The first-order chi connectivity index (χ1) is 10.9. The van der Waals surface area contributed by atoms with E-state index < -0.39 is 0 Å². The Kier molecular flexibility index (Phi) is 4.23. The van der Waals surface area contributed by atoms with Crippen LogP contribution in [0.15, 0.2) is 30.3 Å². The minimum Gasteiger partial charge on any atom is -0.359 e. The molecule has 22 heavy (non-hydrogen) atoms.